The lowest BCUT2D eigenvalue weighted by molar-refractivity contribution is 0.0700. The third-order valence-corrected chi connectivity index (χ3v) is 3.95. The second-order valence-electron chi connectivity index (χ2n) is 5.43. The van der Waals surface area contributed by atoms with E-state index < -0.39 is 0 Å². The molecule has 0 atom stereocenters. The van der Waals surface area contributed by atoms with E-state index in [-0.39, 0.29) is 5.82 Å². The van der Waals surface area contributed by atoms with Gasteiger partial charge in [0.15, 0.2) is 0 Å². The molecule has 4 heteroatoms. The first-order valence-electron chi connectivity index (χ1n) is 7.04. The molecule has 0 bridgehead atoms. The first-order valence-corrected chi connectivity index (χ1v) is 7.04. The molecule has 106 valence electrons. The van der Waals surface area contributed by atoms with Crippen molar-refractivity contribution >= 4 is 0 Å². The van der Waals surface area contributed by atoms with Crippen LogP contribution in [0.15, 0.2) is 24.5 Å². The molecule has 1 aromatic carbocycles. The molecule has 0 unspecified atom stereocenters. The van der Waals surface area contributed by atoms with Crippen molar-refractivity contribution in [3.05, 3.63) is 41.5 Å². The summed E-state index contributed by atoms with van der Waals surface area (Å²) < 4.78 is 21.4. The second-order valence-corrected chi connectivity index (χ2v) is 5.43. The summed E-state index contributed by atoms with van der Waals surface area (Å²) in [6.45, 7) is 5.19. The molecule has 1 aliphatic rings. The lowest BCUT2D eigenvalue weighted by Crippen LogP contribution is -2.19. The summed E-state index contributed by atoms with van der Waals surface area (Å²) in [5, 5.41) is 0. The van der Waals surface area contributed by atoms with Crippen LogP contribution < -0.4 is 0 Å². The van der Waals surface area contributed by atoms with Crippen LogP contribution >= 0.6 is 0 Å². The molecule has 3 rings (SSSR count). The number of nitrogens with zero attached hydrogens (tertiary/aromatic N) is 2. The third-order valence-electron chi connectivity index (χ3n) is 3.95. The molecular formula is C16H19FN2O. The van der Waals surface area contributed by atoms with Gasteiger partial charge in [0.2, 0.25) is 0 Å². The van der Waals surface area contributed by atoms with Gasteiger partial charge in [-0.05, 0) is 49.9 Å². The van der Waals surface area contributed by atoms with Crippen LogP contribution in [0.4, 0.5) is 4.39 Å². The molecule has 1 aliphatic heterocycles. The summed E-state index contributed by atoms with van der Waals surface area (Å²) in [4.78, 5) is 4.47. The van der Waals surface area contributed by atoms with Crippen LogP contribution in [0.5, 0.6) is 0 Å². The summed E-state index contributed by atoms with van der Waals surface area (Å²) in [7, 11) is 0. The van der Waals surface area contributed by atoms with Crippen molar-refractivity contribution in [3.63, 3.8) is 0 Å². The Kier molecular flexibility index (Phi) is 3.57. The van der Waals surface area contributed by atoms with Gasteiger partial charge in [0.25, 0.3) is 0 Å². The van der Waals surface area contributed by atoms with Gasteiger partial charge in [-0.3, -0.25) is 0 Å². The molecule has 2 heterocycles. The summed E-state index contributed by atoms with van der Waals surface area (Å²) in [5.41, 5.74) is 2.32. The molecule has 0 saturated carbocycles. The predicted octanol–water partition coefficient (Wildman–Crippen LogP) is 3.66. The Morgan fingerprint density at radius 3 is 2.50 bits per heavy atom. The van der Waals surface area contributed by atoms with Crippen molar-refractivity contribution in [2.75, 3.05) is 13.2 Å². The minimum Gasteiger partial charge on any atom is -0.381 e. The number of benzene rings is 1. The Morgan fingerprint density at radius 2 is 1.85 bits per heavy atom. The Labute approximate surface area is 118 Å². The average Bonchev–Trinajstić information content (AvgIpc) is 2.94. The molecule has 2 aromatic rings. The topological polar surface area (TPSA) is 27.1 Å². The van der Waals surface area contributed by atoms with Crippen LogP contribution in [0.25, 0.3) is 11.4 Å². The van der Waals surface area contributed by atoms with Crippen LogP contribution in [0, 0.1) is 19.7 Å². The van der Waals surface area contributed by atoms with Crippen LogP contribution in [0.3, 0.4) is 0 Å². The maximum absolute atomic E-state index is 13.8. The van der Waals surface area contributed by atoms with Gasteiger partial charge < -0.3 is 9.30 Å². The van der Waals surface area contributed by atoms with Crippen molar-refractivity contribution in [2.24, 2.45) is 0 Å². The fourth-order valence-electron chi connectivity index (χ4n) is 2.87. The van der Waals surface area contributed by atoms with E-state index in [2.05, 4.69) is 9.55 Å². The molecule has 0 spiro atoms. The van der Waals surface area contributed by atoms with Crippen LogP contribution in [0.1, 0.15) is 30.0 Å². The minimum atomic E-state index is -0.127. The lowest BCUT2D eigenvalue weighted by atomic mass is 10.0. The van der Waals surface area contributed by atoms with Gasteiger partial charge >= 0.3 is 0 Å². The standard InChI is InChI=1S/C16H19FN2O/c1-11-9-13(10-12(2)15(11)17)16-18-5-6-19(16)14-3-7-20-8-4-14/h5-6,9-10,14H,3-4,7-8H2,1-2H3. The van der Waals surface area contributed by atoms with Crippen molar-refractivity contribution in [2.45, 2.75) is 32.7 Å². The molecule has 3 nitrogen and oxygen atoms in total. The zero-order valence-electron chi connectivity index (χ0n) is 11.9. The number of halogens is 1. The number of rotatable bonds is 2. The Morgan fingerprint density at radius 1 is 1.20 bits per heavy atom. The van der Waals surface area contributed by atoms with E-state index in [0.717, 1.165) is 37.4 Å². The molecule has 0 N–H and O–H groups in total. The van der Waals surface area contributed by atoms with E-state index in [9.17, 15) is 4.39 Å². The number of aromatic nitrogens is 2. The van der Waals surface area contributed by atoms with Gasteiger partial charge in [0.05, 0.1) is 0 Å². The molecule has 0 amide bonds. The van der Waals surface area contributed by atoms with Gasteiger partial charge in [0.1, 0.15) is 11.6 Å². The minimum absolute atomic E-state index is 0.127. The quantitative estimate of drug-likeness (QED) is 0.835. The maximum atomic E-state index is 13.8. The van der Waals surface area contributed by atoms with E-state index in [4.69, 9.17) is 4.74 Å². The maximum Gasteiger partial charge on any atom is 0.140 e. The highest BCUT2D eigenvalue weighted by atomic mass is 19.1. The number of hydrogen-bond donors (Lipinski definition) is 0. The Hall–Kier alpha value is -1.68. The summed E-state index contributed by atoms with van der Waals surface area (Å²) in [6.07, 6.45) is 5.84. The highest BCUT2D eigenvalue weighted by Crippen LogP contribution is 2.29. The van der Waals surface area contributed by atoms with Gasteiger partial charge in [-0.15, -0.1) is 0 Å². The third kappa shape index (κ3) is 2.36. The molecular weight excluding hydrogens is 255 g/mol. The number of ether oxygens (including phenoxy) is 1. The van der Waals surface area contributed by atoms with E-state index in [0.29, 0.717) is 17.2 Å². The molecule has 20 heavy (non-hydrogen) atoms. The van der Waals surface area contributed by atoms with Crippen LogP contribution in [0.2, 0.25) is 0 Å². The molecule has 1 saturated heterocycles. The fourth-order valence-corrected chi connectivity index (χ4v) is 2.87. The van der Waals surface area contributed by atoms with Gasteiger partial charge in [-0.25, -0.2) is 9.37 Å². The largest absolute Gasteiger partial charge is 0.381 e. The van der Waals surface area contributed by atoms with Crippen molar-refractivity contribution in [1.29, 1.82) is 0 Å². The zero-order valence-corrected chi connectivity index (χ0v) is 11.9. The van der Waals surface area contributed by atoms with E-state index in [1.54, 1.807) is 13.8 Å². The lowest BCUT2D eigenvalue weighted by Gasteiger charge is -2.25. The van der Waals surface area contributed by atoms with Gasteiger partial charge in [-0.2, -0.15) is 0 Å². The molecule has 0 aliphatic carbocycles. The molecule has 1 fully saturated rings. The highest BCUT2D eigenvalue weighted by molar-refractivity contribution is 5.58. The van der Waals surface area contributed by atoms with E-state index >= 15 is 0 Å². The number of hydrogen-bond acceptors (Lipinski definition) is 2. The first-order chi connectivity index (χ1) is 9.66. The smallest absolute Gasteiger partial charge is 0.140 e. The van der Waals surface area contributed by atoms with Crippen LogP contribution in [-0.4, -0.2) is 22.8 Å². The van der Waals surface area contributed by atoms with Crippen molar-refractivity contribution < 1.29 is 9.13 Å². The first kappa shape index (κ1) is 13.3. The second kappa shape index (κ2) is 5.37. The highest BCUT2D eigenvalue weighted by Gasteiger charge is 2.19. The summed E-state index contributed by atoms with van der Waals surface area (Å²) in [6, 6.07) is 4.17. The summed E-state index contributed by atoms with van der Waals surface area (Å²) >= 11 is 0. The van der Waals surface area contributed by atoms with Crippen molar-refractivity contribution in [3.8, 4) is 11.4 Å². The van der Waals surface area contributed by atoms with Gasteiger partial charge in [0, 0.05) is 37.2 Å². The number of aryl methyl sites for hydroxylation is 2. The molecule has 0 radical (unpaired) electrons. The fraction of sp³-hybridized carbons (Fsp3) is 0.438. The van der Waals surface area contributed by atoms with Gasteiger partial charge in [-0.1, -0.05) is 0 Å². The van der Waals surface area contributed by atoms with Crippen molar-refractivity contribution in [1.82, 2.24) is 9.55 Å². The SMILES string of the molecule is Cc1cc(-c2nccn2C2CCOCC2)cc(C)c1F. The van der Waals surface area contributed by atoms with E-state index in [1.165, 1.54) is 0 Å². The Balaban J connectivity index is 2.00. The Bertz CT molecular complexity index is 592. The average molecular weight is 274 g/mol. The summed E-state index contributed by atoms with van der Waals surface area (Å²) in [5.74, 6) is 0.793. The van der Waals surface area contributed by atoms with Crippen LogP contribution in [-0.2, 0) is 4.74 Å². The monoisotopic (exact) mass is 274 g/mol. The molecule has 1 aromatic heterocycles. The zero-order chi connectivity index (χ0) is 14.1. The normalized spacial score (nSPS) is 16.6. The number of imidazole rings is 1. The predicted molar refractivity (Wildman–Crippen MR) is 76.2 cm³/mol. The van der Waals surface area contributed by atoms with E-state index in [1.807, 2.05) is 24.5 Å².